The number of hydrogen-bond acceptors (Lipinski definition) is 1. The SMILES string of the molecule is FC(F)(S)C(F)(Cl)Cc1ccccc1. The maximum Gasteiger partial charge on any atom is 0.338 e. The molecule has 0 bridgehead atoms. The quantitative estimate of drug-likeness (QED) is 0.605. The van der Waals surface area contributed by atoms with E-state index in [2.05, 4.69) is 12.6 Å². The van der Waals surface area contributed by atoms with Crippen molar-refractivity contribution in [2.75, 3.05) is 0 Å². The van der Waals surface area contributed by atoms with E-state index in [4.69, 9.17) is 11.6 Å². The first-order valence-electron chi connectivity index (χ1n) is 3.85. The van der Waals surface area contributed by atoms with Crippen LogP contribution in [0.1, 0.15) is 5.56 Å². The minimum absolute atomic E-state index is 0.402. The maximum absolute atomic E-state index is 13.2. The standard InChI is InChI=1S/C9H8ClF3S/c10-8(11,9(12,13)14)6-7-4-2-1-3-5-7/h1-5,14H,6H2. The van der Waals surface area contributed by atoms with Gasteiger partial charge in [-0.15, -0.1) is 12.6 Å². The summed E-state index contributed by atoms with van der Waals surface area (Å²) in [7, 11) is 0. The van der Waals surface area contributed by atoms with Crippen molar-refractivity contribution >= 4 is 24.2 Å². The van der Waals surface area contributed by atoms with Crippen molar-refractivity contribution in [3.8, 4) is 0 Å². The molecule has 0 aliphatic carbocycles. The molecule has 0 spiro atoms. The van der Waals surface area contributed by atoms with Gasteiger partial charge in [0.2, 0.25) is 0 Å². The van der Waals surface area contributed by atoms with E-state index in [0.717, 1.165) is 0 Å². The Labute approximate surface area is 90.5 Å². The maximum atomic E-state index is 13.2. The fraction of sp³-hybridized carbons (Fsp3) is 0.333. The van der Waals surface area contributed by atoms with Gasteiger partial charge < -0.3 is 0 Å². The van der Waals surface area contributed by atoms with Crippen molar-refractivity contribution in [1.82, 2.24) is 0 Å². The summed E-state index contributed by atoms with van der Waals surface area (Å²) in [6.07, 6.45) is -0.577. The summed E-state index contributed by atoms with van der Waals surface area (Å²) < 4.78 is 38.3. The Balaban J connectivity index is 2.79. The molecular formula is C9H8ClF3S. The highest BCUT2D eigenvalue weighted by Crippen LogP contribution is 2.41. The minimum Gasteiger partial charge on any atom is -0.218 e. The molecule has 1 rings (SSSR count). The van der Waals surface area contributed by atoms with E-state index in [9.17, 15) is 13.2 Å². The van der Waals surface area contributed by atoms with E-state index in [1.165, 1.54) is 12.1 Å². The summed E-state index contributed by atoms with van der Waals surface area (Å²) in [5, 5.41) is -7.01. The number of benzene rings is 1. The molecule has 1 aromatic rings. The largest absolute Gasteiger partial charge is 0.338 e. The predicted octanol–water partition coefficient (Wildman–Crippen LogP) is 3.66. The first-order chi connectivity index (χ1) is 6.33. The molecule has 0 amide bonds. The molecule has 0 aliphatic heterocycles. The zero-order chi connectivity index (χ0) is 10.8. The zero-order valence-corrected chi connectivity index (χ0v) is 8.70. The van der Waals surface area contributed by atoms with E-state index in [1.54, 1.807) is 18.2 Å². The lowest BCUT2D eigenvalue weighted by Crippen LogP contribution is -2.36. The third kappa shape index (κ3) is 2.82. The van der Waals surface area contributed by atoms with Crippen molar-refractivity contribution < 1.29 is 13.2 Å². The van der Waals surface area contributed by atoms with Crippen LogP contribution in [0, 0.1) is 0 Å². The Morgan fingerprint density at radius 3 is 2.07 bits per heavy atom. The molecule has 5 heteroatoms. The molecular weight excluding hydrogens is 233 g/mol. The van der Waals surface area contributed by atoms with Crippen molar-refractivity contribution in [1.29, 1.82) is 0 Å². The van der Waals surface area contributed by atoms with E-state index >= 15 is 0 Å². The normalized spacial score (nSPS) is 16.4. The van der Waals surface area contributed by atoms with Crippen LogP contribution in [-0.2, 0) is 6.42 Å². The molecule has 78 valence electrons. The van der Waals surface area contributed by atoms with Gasteiger partial charge in [-0.25, -0.2) is 4.39 Å². The third-order valence-corrected chi connectivity index (χ3v) is 2.57. The lowest BCUT2D eigenvalue weighted by molar-refractivity contribution is -0.00945. The lowest BCUT2D eigenvalue weighted by Gasteiger charge is -2.23. The molecule has 0 heterocycles. The van der Waals surface area contributed by atoms with Crippen LogP contribution in [0.5, 0.6) is 0 Å². The molecule has 0 aliphatic rings. The van der Waals surface area contributed by atoms with Crippen molar-refractivity contribution in [2.45, 2.75) is 16.8 Å². The average Bonchev–Trinajstić information content (AvgIpc) is 2.03. The fourth-order valence-corrected chi connectivity index (χ4v) is 1.19. The van der Waals surface area contributed by atoms with Gasteiger partial charge in [-0.1, -0.05) is 41.9 Å². The lowest BCUT2D eigenvalue weighted by atomic mass is 10.1. The minimum atomic E-state index is -3.86. The zero-order valence-electron chi connectivity index (χ0n) is 7.05. The van der Waals surface area contributed by atoms with Crippen LogP contribution >= 0.6 is 24.2 Å². The first kappa shape index (κ1) is 11.7. The van der Waals surface area contributed by atoms with Gasteiger partial charge in [0.05, 0.1) is 0 Å². The van der Waals surface area contributed by atoms with E-state index < -0.39 is 16.8 Å². The molecule has 0 nitrogen and oxygen atoms in total. The second-order valence-corrected chi connectivity index (χ2v) is 4.07. The van der Waals surface area contributed by atoms with Crippen molar-refractivity contribution in [3.63, 3.8) is 0 Å². The fourth-order valence-electron chi connectivity index (χ4n) is 0.959. The van der Waals surface area contributed by atoms with Crippen LogP contribution in [0.15, 0.2) is 30.3 Å². The summed E-state index contributed by atoms with van der Waals surface area (Å²) in [4.78, 5) is 0. The number of hydrogen-bond donors (Lipinski definition) is 1. The Morgan fingerprint density at radius 1 is 1.14 bits per heavy atom. The van der Waals surface area contributed by atoms with Crippen LogP contribution in [0.3, 0.4) is 0 Å². The topological polar surface area (TPSA) is 0 Å². The van der Waals surface area contributed by atoms with Crippen LogP contribution in [0.2, 0.25) is 0 Å². The summed E-state index contributed by atoms with van der Waals surface area (Å²) in [6.45, 7) is 0. The predicted molar refractivity (Wildman–Crippen MR) is 53.8 cm³/mol. The smallest absolute Gasteiger partial charge is 0.218 e. The number of alkyl halides is 4. The van der Waals surface area contributed by atoms with Gasteiger partial charge in [0.15, 0.2) is 0 Å². The summed E-state index contributed by atoms with van der Waals surface area (Å²) >= 11 is 7.88. The molecule has 0 radical (unpaired) electrons. The molecule has 1 aromatic carbocycles. The second kappa shape index (κ2) is 4.03. The van der Waals surface area contributed by atoms with Gasteiger partial charge in [-0.2, -0.15) is 8.78 Å². The Morgan fingerprint density at radius 2 is 1.64 bits per heavy atom. The number of thiol groups is 1. The van der Waals surface area contributed by atoms with E-state index in [-0.39, 0.29) is 0 Å². The van der Waals surface area contributed by atoms with Gasteiger partial charge in [-0.3, -0.25) is 0 Å². The summed E-state index contributed by atoms with van der Waals surface area (Å²) in [5.74, 6) is 0. The van der Waals surface area contributed by atoms with Gasteiger partial charge in [0, 0.05) is 6.42 Å². The molecule has 14 heavy (non-hydrogen) atoms. The summed E-state index contributed by atoms with van der Waals surface area (Å²) in [5.41, 5.74) is 0.402. The highest BCUT2D eigenvalue weighted by molar-refractivity contribution is 7.81. The van der Waals surface area contributed by atoms with Crippen molar-refractivity contribution in [2.24, 2.45) is 0 Å². The molecule has 1 unspecified atom stereocenters. The van der Waals surface area contributed by atoms with Crippen LogP contribution in [0.25, 0.3) is 0 Å². The van der Waals surface area contributed by atoms with Gasteiger partial charge in [0.25, 0.3) is 5.13 Å². The third-order valence-electron chi connectivity index (χ3n) is 1.71. The first-order valence-corrected chi connectivity index (χ1v) is 4.67. The highest BCUT2D eigenvalue weighted by atomic mass is 35.5. The molecule has 0 N–H and O–H groups in total. The Kier molecular flexibility index (Phi) is 3.37. The molecule has 0 aromatic heterocycles. The van der Waals surface area contributed by atoms with E-state index in [1.807, 2.05) is 0 Å². The average molecular weight is 241 g/mol. The van der Waals surface area contributed by atoms with Gasteiger partial charge >= 0.3 is 5.25 Å². The summed E-state index contributed by atoms with van der Waals surface area (Å²) in [6, 6.07) is 8.00. The molecule has 0 fully saturated rings. The van der Waals surface area contributed by atoms with Crippen LogP contribution in [0.4, 0.5) is 13.2 Å². The van der Waals surface area contributed by atoms with Gasteiger partial charge in [0.1, 0.15) is 0 Å². The van der Waals surface area contributed by atoms with Crippen LogP contribution < -0.4 is 0 Å². The van der Waals surface area contributed by atoms with Crippen molar-refractivity contribution in [3.05, 3.63) is 35.9 Å². The number of halogens is 4. The molecule has 0 saturated carbocycles. The monoisotopic (exact) mass is 240 g/mol. The Bertz CT molecular complexity index is 295. The molecule has 0 saturated heterocycles. The second-order valence-electron chi connectivity index (χ2n) is 2.91. The van der Waals surface area contributed by atoms with Crippen LogP contribution in [-0.4, -0.2) is 10.4 Å². The highest BCUT2D eigenvalue weighted by Gasteiger charge is 2.50. The van der Waals surface area contributed by atoms with Gasteiger partial charge in [-0.05, 0) is 5.56 Å². The molecule has 1 atom stereocenters. The Hall–Kier alpha value is -0.350. The number of rotatable bonds is 3. The van der Waals surface area contributed by atoms with E-state index in [0.29, 0.717) is 5.56 Å².